The molecule has 0 spiro atoms. The van der Waals surface area contributed by atoms with Crippen molar-refractivity contribution in [3.8, 4) is 78.7 Å². The molecule has 4 nitrogen and oxygen atoms in total. The highest BCUT2D eigenvalue weighted by atomic mass is 15.0. The first-order valence-corrected chi connectivity index (χ1v) is 17.9. The molecule has 0 fully saturated rings. The lowest BCUT2D eigenvalue weighted by atomic mass is 9.91. The van der Waals surface area contributed by atoms with E-state index in [0.717, 1.165) is 50.1 Å². The van der Waals surface area contributed by atoms with Crippen molar-refractivity contribution >= 4 is 16.5 Å². The highest BCUT2D eigenvalue weighted by Gasteiger charge is 2.15. The van der Waals surface area contributed by atoms with E-state index in [1.165, 1.54) is 21.9 Å². The van der Waals surface area contributed by atoms with Gasteiger partial charge in [0.05, 0.1) is 6.57 Å². The zero-order valence-electron chi connectivity index (χ0n) is 29.3. The number of benzene rings is 8. The zero-order chi connectivity index (χ0) is 36.3. The van der Waals surface area contributed by atoms with E-state index in [-0.39, 0.29) is 0 Å². The first-order chi connectivity index (χ1) is 26.7. The molecule has 1 heterocycles. The monoisotopic (exact) mass is 688 g/mol. The SMILES string of the molecule is [C-]#[N+]c1ccccc1-c1ccc(-c2ccc(-c3ccc(-c4nc(-c5ccccc5)nc(-c5ccc(-c6ccccc6)cc5)n4)cc3)c3ccccc23)cc1. The summed E-state index contributed by atoms with van der Waals surface area (Å²) in [5.41, 5.74) is 12.3. The summed E-state index contributed by atoms with van der Waals surface area (Å²) in [5, 5.41) is 2.36. The Bertz CT molecular complexity index is 2790. The Morgan fingerprint density at radius 2 is 0.611 bits per heavy atom. The van der Waals surface area contributed by atoms with Crippen molar-refractivity contribution in [1.82, 2.24) is 15.0 Å². The minimum atomic E-state index is 0.625. The van der Waals surface area contributed by atoms with Crippen molar-refractivity contribution in [3.05, 3.63) is 206 Å². The van der Waals surface area contributed by atoms with Gasteiger partial charge in [0, 0.05) is 16.7 Å². The fraction of sp³-hybridized carbons (Fsp3) is 0. The summed E-state index contributed by atoms with van der Waals surface area (Å²) in [5.74, 6) is 1.89. The van der Waals surface area contributed by atoms with Gasteiger partial charge in [-0.25, -0.2) is 19.8 Å². The van der Waals surface area contributed by atoms with E-state index in [9.17, 15) is 0 Å². The first kappa shape index (κ1) is 32.4. The van der Waals surface area contributed by atoms with Gasteiger partial charge in [0.25, 0.3) is 0 Å². The number of hydrogen-bond donors (Lipinski definition) is 0. The van der Waals surface area contributed by atoms with Gasteiger partial charge in [-0.2, -0.15) is 0 Å². The Morgan fingerprint density at radius 3 is 1.09 bits per heavy atom. The molecule has 0 radical (unpaired) electrons. The Labute approximate surface area is 314 Å². The van der Waals surface area contributed by atoms with Crippen molar-refractivity contribution in [3.63, 3.8) is 0 Å². The number of hydrogen-bond acceptors (Lipinski definition) is 3. The average Bonchev–Trinajstić information content (AvgIpc) is 3.26. The molecule has 0 aliphatic heterocycles. The normalized spacial score (nSPS) is 10.9. The number of fused-ring (bicyclic) bond motifs is 1. The van der Waals surface area contributed by atoms with Crippen LogP contribution in [-0.4, -0.2) is 15.0 Å². The topological polar surface area (TPSA) is 43.0 Å². The first-order valence-electron chi connectivity index (χ1n) is 17.9. The van der Waals surface area contributed by atoms with E-state index in [0.29, 0.717) is 23.2 Å². The quantitative estimate of drug-likeness (QED) is 0.157. The van der Waals surface area contributed by atoms with Gasteiger partial charge in [-0.1, -0.05) is 194 Å². The largest absolute Gasteiger partial charge is 0.238 e. The van der Waals surface area contributed by atoms with Crippen molar-refractivity contribution in [1.29, 1.82) is 0 Å². The van der Waals surface area contributed by atoms with E-state index in [2.05, 4.69) is 138 Å². The van der Waals surface area contributed by atoms with Crippen LogP contribution in [-0.2, 0) is 0 Å². The van der Waals surface area contributed by atoms with Crippen LogP contribution < -0.4 is 0 Å². The number of para-hydroxylation sites is 1. The molecule has 0 aliphatic rings. The summed E-state index contributed by atoms with van der Waals surface area (Å²) < 4.78 is 0. The van der Waals surface area contributed by atoms with Gasteiger partial charge < -0.3 is 0 Å². The Morgan fingerprint density at radius 1 is 0.278 bits per heavy atom. The molecule has 4 heteroatoms. The smallest absolute Gasteiger partial charge is 0.194 e. The Hall–Kier alpha value is -7.48. The minimum Gasteiger partial charge on any atom is -0.238 e. The summed E-state index contributed by atoms with van der Waals surface area (Å²) in [6, 6.07) is 66.6. The number of aromatic nitrogens is 3. The molecule has 9 aromatic rings. The molecule has 252 valence electrons. The average molecular weight is 689 g/mol. The Kier molecular flexibility index (Phi) is 8.57. The molecule has 0 saturated heterocycles. The van der Waals surface area contributed by atoms with Crippen LogP contribution in [0.4, 0.5) is 5.69 Å². The summed E-state index contributed by atoms with van der Waals surface area (Å²) >= 11 is 0. The summed E-state index contributed by atoms with van der Waals surface area (Å²) in [6.07, 6.45) is 0. The predicted octanol–water partition coefficient (Wildman–Crippen LogP) is 13.2. The highest BCUT2D eigenvalue weighted by molar-refractivity contribution is 6.05. The second-order valence-corrected chi connectivity index (χ2v) is 13.1. The van der Waals surface area contributed by atoms with Crippen LogP contribution in [0.15, 0.2) is 194 Å². The fourth-order valence-electron chi connectivity index (χ4n) is 7.04. The van der Waals surface area contributed by atoms with Crippen LogP contribution in [0, 0.1) is 6.57 Å². The lowest BCUT2D eigenvalue weighted by Gasteiger charge is -2.13. The highest BCUT2D eigenvalue weighted by Crippen LogP contribution is 2.38. The van der Waals surface area contributed by atoms with Gasteiger partial charge in [0.15, 0.2) is 23.2 Å². The molecule has 8 aromatic carbocycles. The van der Waals surface area contributed by atoms with Gasteiger partial charge in [0.1, 0.15) is 0 Å². The van der Waals surface area contributed by atoms with Gasteiger partial charge in [-0.05, 0) is 55.3 Å². The number of nitrogens with zero attached hydrogens (tertiary/aromatic N) is 4. The molecule has 0 saturated carbocycles. The molecular formula is C50H32N4. The molecular weight excluding hydrogens is 657 g/mol. The van der Waals surface area contributed by atoms with Gasteiger partial charge in [0.2, 0.25) is 0 Å². The third kappa shape index (κ3) is 6.32. The zero-order valence-corrected chi connectivity index (χ0v) is 29.3. The molecule has 0 unspecified atom stereocenters. The maximum absolute atomic E-state index is 7.57. The molecule has 0 amide bonds. The van der Waals surface area contributed by atoms with Gasteiger partial charge >= 0.3 is 0 Å². The second kappa shape index (κ2) is 14.3. The van der Waals surface area contributed by atoms with Gasteiger partial charge in [-0.15, -0.1) is 0 Å². The third-order valence-electron chi connectivity index (χ3n) is 9.83. The van der Waals surface area contributed by atoms with Crippen LogP contribution in [0.3, 0.4) is 0 Å². The van der Waals surface area contributed by atoms with Gasteiger partial charge in [-0.3, -0.25) is 0 Å². The minimum absolute atomic E-state index is 0.625. The lowest BCUT2D eigenvalue weighted by Crippen LogP contribution is -2.00. The van der Waals surface area contributed by atoms with Crippen LogP contribution in [0.2, 0.25) is 0 Å². The number of rotatable bonds is 7. The van der Waals surface area contributed by atoms with Crippen LogP contribution in [0.5, 0.6) is 0 Å². The van der Waals surface area contributed by atoms with Crippen molar-refractivity contribution < 1.29 is 0 Å². The van der Waals surface area contributed by atoms with E-state index >= 15 is 0 Å². The standard InChI is InChI=1S/C50H32N4/c1-51-47-19-11-10-16-44(47)38-24-22-36(23-25-38)42-32-33-43(46-18-9-8-17-45(42)46)37-26-30-41(31-27-37)50-53-48(39-14-6-3-7-15-39)52-49(54-50)40-28-20-35(21-29-40)34-12-4-2-5-13-34/h2-33H. The molecule has 1 aromatic heterocycles. The van der Waals surface area contributed by atoms with Crippen molar-refractivity contribution in [2.75, 3.05) is 0 Å². The van der Waals surface area contributed by atoms with E-state index in [1.54, 1.807) is 0 Å². The summed E-state index contributed by atoms with van der Waals surface area (Å²) in [7, 11) is 0. The van der Waals surface area contributed by atoms with Crippen molar-refractivity contribution in [2.24, 2.45) is 0 Å². The second-order valence-electron chi connectivity index (χ2n) is 13.1. The van der Waals surface area contributed by atoms with E-state index in [1.807, 2.05) is 60.7 Å². The van der Waals surface area contributed by atoms with Crippen LogP contribution in [0.25, 0.3) is 94.3 Å². The third-order valence-corrected chi connectivity index (χ3v) is 9.83. The maximum Gasteiger partial charge on any atom is 0.194 e. The predicted molar refractivity (Wildman–Crippen MR) is 222 cm³/mol. The molecule has 0 bridgehead atoms. The molecule has 54 heavy (non-hydrogen) atoms. The van der Waals surface area contributed by atoms with Crippen LogP contribution >= 0.6 is 0 Å². The van der Waals surface area contributed by atoms with E-state index < -0.39 is 0 Å². The van der Waals surface area contributed by atoms with E-state index in [4.69, 9.17) is 21.5 Å². The van der Waals surface area contributed by atoms with Crippen LogP contribution in [0.1, 0.15) is 0 Å². The molecule has 0 N–H and O–H groups in total. The molecule has 0 atom stereocenters. The lowest BCUT2D eigenvalue weighted by molar-refractivity contribution is 1.07. The summed E-state index contributed by atoms with van der Waals surface area (Å²) in [4.78, 5) is 18.6. The summed E-state index contributed by atoms with van der Waals surface area (Å²) in [6.45, 7) is 7.57. The fourth-order valence-corrected chi connectivity index (χ4v) is 7.04. The molecule has 9 rings (SSSR count). The maximum atomic E-state index is 7.57. The molecule has 0 aliphatic carbocycles. The van der Waals surface area contributed by atoms with Crippen molar-refractivity contribution in [2.45, 2.75) is 0 Å². The Balaban J connectivity index is 1.06.